The molecule has 0 atom stereocenters. The summed E-state index contributed by atoms with van der Waals surface area (Å²) < 4.78 is 5.43. The number of fused-ring (bicyclic) bond motifs is 1. The molecule has 0 aliphatic carbocycles. The van der Waals surface area contributed by atoms with Gasteiger partial charge in [0.25, 0.3) is 5.91 Å². The lowest BCUT2D eigenvalue weighted by atomic mass is 10.2. The minimum absolute atomic E-state index is 0.190. The third-order valence-electron chi connectivity index (χ3n) is 3.99. The van der Waals surface area contributed by atoms with Crippen LogP contribution in [0.2, 0.25) is 0 Å². The molecule has 27 heavy (non-hydrogen) atoms. The molecule has 8 heteroatoms. The monoisotopic (exact) mass is 362 g/mol. The second kappa shape index (κ2) is 6.75. The van der Waals surface area contributed by atoms with E-state index in [4.69, 9.17) is 4.42 Å². The number of nitrogens with zero attached hydrogens (tertiary/aromatic N) is 1. The molecular weight excluding hydrogens is 348 g/mol. The van der Waals surface area contributed by atoms with E-state index in [0.717, 1.165) is 5.56 Å². The van der Waals surface area contributed by atoms with Crippen molar-refractivity contribution in [2.24, 2.45) is 0 Å². The molecule has 1 amide bonds. The standard InChI is InChI=1S/C19H14N4O4/c24-16(12-6-7-14-15(8-12)23-18(26)17(25)22-14)20-9-13-10-27-19(21-13)11-4-2-1-3-5-11/h1-8,10H,9H2,(H,20,24)(H,22,25)(H,23,26). The highest BCUT2D eigenvalue weighted by molar-refractivity contribution is 5.97. The highest BCUT2D eigenvalue weighted by Crippen LogP contribution is 2.18. The van der Waals surface area contributed by atoms with Gasteiger partial charge in [0.1, 0.15) is 6.26 Å². The van der Waals surface area contributed by atoms with Crippen molar-refractivity contribution in [3.63, 3.8) is 0 Å². The summed E-state index contributed by atoms with van der Waals surface area (Å²) in [6.07, 6.45) is 1.49. The molecule has 2 heterocycles. The molecule has 134 valence electrons. The van der Waals surface area contributed by atoms with Gasteiger partial charge in [0.05, 0.1) is 23.3 Å². The molecule has 2 aromatic heterocycles. The summed E-state index contributed by atoms with van der Waals surface area (Å²) in [6.45, 7) is 0.190. The smallest absolute Gasteiger partial charge is 0.314 e. The van der Waals surface area contributed by atoms with Gasteiger partial charge in [0.15, 0.2) is 0 Å². The van der Waals surface area contributed by atoms with Crippen molar-refractivity contribution in [3.8, 4) is 11.5 Å². The largest absolute Gasteiger partial charge is 0.444 e. The Morgan fingerprint density at radius 1 is 1.00 bits per heavy atom. The van der Waals surface area contributed by atoms with Crippen LogP contribution in [0.1, 0.15) is 16.1 Å². The van der Waals surface area contributed by atoms with E-state index in [0.29, 0.717) is 28.2 Å². The molecule has 4 aromatic rings. The summed E-state index contributed by atoms with van der Waals surface area (Å²) in [5.74, 6) is 0.139. The summed E-state index contributed by atoms with van der Waals surface area (Å²) in [7, 11) is 0. The van der Waals surface area contributed by atoms with Crippen molar-refractivity contribution in [2.45, 2.75) is 6.54 Å². The predicted octanol–water partition coefficient (Wildman–Crippen LogP) is 1.80. The molecule has 3 N–H and O–H groups in total. The number of amides is 1. The van der Waals surface area contributed by atoms with Crippen molar-refractivity contribution in [1.82, 2.24) is 20.3 Å². The van der Waals surface area contributed by atoms with Crippen LogP contribution in [-0.4, -0.2) is 20.9 Å². The Kier molecular flexibility index (Phi) is 4.13. The van der Waals surface area contributed by atoms with E-state index in [9.17, 15) is 14.4 Å². The zero-order valence-corrected chi connectivity index (χ0v) is 14.0. The lowest BCUT2D eigenvalue weighted by molar-refractivity contribution is 0.0950. The van der Waals surface area contributed by atoms with Gasteiger partial charge >= 0.3 is 11.1 Å². The fourth-order valence-corrected chi connectivity index (χ4v) is 2.63. The maximum Gasteiger partial charge on any atom is 0.314 e. The van der Waals surface area contributed by atoms with E-state index in [-0.39, 0.29) is 12.5 Å². The SMILES string of the molecule is O=C(NCc1coc(-c2ccccc2)n1)c1ccc2[nH]c(=O)c(=O)[nH]c2c1. The number of hydrogen-bond donors (Lipinski definition) is 3. The number of nitrogens with one attached hydrogen (secondary N) is 3. The average molecular weight is 362 g/mol. The van der Waals surface area contributed by atoms with Crippen LogP contribution in [0, 0.1) is 0 Å². The molecule has 0 spiro atoms. The quantitative estimate of drug-likeness (QED) is 0.478. The second-order valence-corrected chi connectivity index (χ2v) is 5.86. The van der Waals surface area contributed by atoms with Crippen molar-refractivity contribution < 1.29 is 9.21 Å². The van der Waals surface area contributed by atoms with Gasteiger partial charge in [-0.1, -0.05) is 18.2 Å². The number of rotatable bonds is 4. The molecule has 0 fully saturated rings. The van der Waals surface area contributed by atoms with Gasteiger partial charge < -0.3 is 19.7 Å². The maximum atomic E-state index is 12.4. The topological polar surface area (TPSA) is 121 Å². The molecule has 0 unspecified atom stereocenters. The van der Waals surface area contributed by atoms with Gasteiger partial charge in [-0.2, -0.15) is 0 Å². The first-order chi connectivity index (χ1) is 13.1. The van der Waals surface area contributed by atoms with Crippen LogP contribution in [0.15, 0.2) is 68.8 Å². The predicted molar refractivity (Wildman–Crippen MR) is 98.3 cm³/mol. The Balaban J connectivity index is 1.49. The van der Waals surface area contributed by atoms with E-state index in [1.54, 1.807) is 12.1 Å². The maximum absolute atomic E-state index is 12.4. The van der Waals surface area contributed by atoms with Crippen LogP contribution in [0.3, 0.4) is 0 Å². The van der Waals surface area contributed by atoms with Crippen LogP contribution in [0.5, 0.6) is 0 Å². The normalized spacial score (nSPS) is 10.8. The molecule has 0 saturated carbocycles. The van der Waals surface area contributed by atoms with Crippen molar-refractivity contribution in [2.75, 3.05) is 0 Å². The molecule has 0 aliphatic heterocycles. The van der Waals surface area contributed by atoms with E-state index >= 15 is 0 Å². The Morgan fingerprint density at radius 3 is 2.52 bits per heavy atom. The third kappa shape index (κ3) is 3.40. The number of H-pyrrole nitrogens is 2. The number of carbonyl (C=O) groups is 1. The number of carbonyl (C=O) groups excluding carboxylic acids is 1. The second-order valence-electron chi connectivity index (χ2n) is 5.86. The van der Waals surface area contributed by atoms with Crippen molar-refractivity contribution in [3.05, 3.63) is 86.8 Å². The Morgan fingerprint density at radius 2 is 1.74 bits per heavy atom. The molecule has 2 aromatic carbocycles. The summed E-state index contributed by atoms with van der Waals surface area (Å²) in [4.78, 5) is 44.3. The van der Waals surface area contributed by atoms with Crippen molar-refractivity contribution in [1.29, 1.82) is 0 Å². The van der Waals surface area contributed by atoms with Gasteiger partial charge in [0, 0.05) is 11.1 Å². The molecule has 8 nitrogen and oxygen atoms in total. The Hall–Kier alpha value is -3.94. The summed E-state index contributed by atoms with van der Waals surface area (Å²) in [5.41, 5.74) is 1.09. The van der Waals surface area contributed by atoms with Crippen LogP contribution in [0.4, 0.5) is 0 Å². The van der Waals surface area contributed by atoms with E-state index < -0.39 is 11.1 Å². The molecule has 4 rings (SSSR count). The van der Waals surface area contributed by atoms with Crippen LogP contribution < -0.4 is 16.4 Å². The number of aromatic nitrogens is 3. The molecule has 0 aliphatic rings. The molecule has 0 bridgehead atoms. The van der Waals surface area contributed by atoms with Crippen LogP contribution in [-0.2, 0) is 6.54 Å². The lowest BCUT2D eigenvalue weighted by Gasteiger charge is -2.04. The minimum atomic E-state index is -0.768. The van der Waals surface area contributed by atoms with Crippen LogP contribution >= 0.6 is 0 Å². The molecule has 0 radical (unpaired) electrons. The molecular formula is C19H14N4O4. The minimum Gasteiger partial charge on any atom is -0.444 e. The number of hydrogen-bond acceptors (Lipinski definition) is 5. The van der Waals surface area contributed by atoms with Gasteiger partial charge in [0.2, 0.25) is 5.89 Å². The summed E-state index contributed by atoms with van der Waals surface area (Å²) in [5, 5.41) is 2.75. The molecule has 0 saturated heterocycles. The summed E-state index contributed by atoms with van der Waals surface area (Å²) >= 11 is 0. The van der Waals surface area contributed by atoms with E-state index in [1.165, 1.54) is 12.3 Å². The highest BCUT2D eigenvalue weighted by Gasteiger charge is 2.10. The van der Waals surface area contributed by atoms with E-state index in [1.807, 2.05) is 30.3 Å². The number of aromatic amines is 2. The fourth-order valence-electron chi connectivity index (χ4n) is 2.63. The first-order valence-electron chi connectivity index (χ1n) is 8.14. The van der Waals surface area contributed by atoms with Gasteiger partial charge in [-0.15, -0.1) is 0 Å². The Labute approximate surface area is 151 Å². The van der Waals surface area contributed by atoms with Crippen LogP contribution in [0.25, 0.3) is 22.5 Å². The first kappa shape index (κ1) is 16.5. The van der Waals surface area contributed by atoms with E-state index in [2.05, 4.69) is 20.3 Å². The van der Waals surface area contributed by atoms with Crippen molar-refractivity contribution >= 4 is 16.9 Å². The first-order valence-corrected chi connectivity index (χ1v) is 8.14. The lowest BCUT2D eigenvalue weighted by Crippen LogP contribution is -2.29. The highest BCUT2D eigenvalue weighted by atomic mass is 16.3. The third-order valence-corrected chi connectivity index (χ3v) is 3.99. The fraction of sp³-hybridized carbons (Fsp3) is 0.0526. The summed E-state index contributed by atoms with van der Waals surface area (Å²) in [6, 6.07) is 14.1. The zero-order chi connectivity index (χ0) is 18.8. The van der Waals surface area contributed by atoms with Gasteiger partial charge in [-0.05, 0) is 30.3 Å². The average Bonchev–Trinajstić information content (AvgIpc) is 3.16. The zero-order valence-electron chi connectivity index (χ0n) is 14.0. The van der Waals surface area contributed by atoms with Gasteiger partial charge in [-0.25, -0.2) is 4.98 Å². The number of benzene rings is 2. The Bertz CT molecular complexity index is 1240. The number of oxazole rings is 1. The van der Waals surface area contributed by atoms with Gasteiger partial charge in [-0.3, -0.25) is 14.4 Å².